The molecule has 4 rings (SSSR count). The summed E-state index contributed by atoms with van der Waals surface area (Å²) >= 11 is 0. The molecule has 0 saturated heterocycles. The van der Waals surface area contributed by atoms with Gasteiger partial charge in [-0.3, -0.25) is 0 Å². The molecule has 9 atom stereocenters. The van der Waals surface area contributed by atoms with Crippen molar-refractivity contribution in [2.75, 3.05) is 0 Å². The van der Waals surface area contributed by atoms with Crippen LogP contribution >= 0.6 is 0 Å². The maximum absolute atomic E-state index is 10.9. The van der Waals surface area contributed by atoms with Gasteiger partial charge in [0.15, 0.2) is 6.29 Å². The van der Waals surface area contributed by atoms with E-state index in [1.165, 1.54) is 32.1 Å². The Kier molecular flexibility index (Phi) is 4.08. The SMILES string of the molecule is CCC(C)(CC(C)C)C(O)OC1CC2CC1C1C3CCC(C3)C21. The Morgan fingerprint density at radius 3 is 2.39 bits per heavy atom. The van der Waals surface area contributed by atoms with Crippen LogP contribution in [0.15, 0.2) is 0 Å². The summed E-state index contributed by atoms with van der Waals surface area (Å²) in [6.07, 6.45) is 8.91. The van der Waals surface area contributed by atoms with Crippen molar-refractivity contribution in [3.05, 3.63) is 0 Å². The third-order valence-corrected chi connectivity index (χ3v) is 8.26. The number of hydrogen-bond acceptors (Lipinski definition) is 2. The number of aliphatic hydroxyl groups is 1. The molecule has 4 fully saturated rings. The third kappa shape index (κ3) is 2.51. The lowest BCUT2D eigenvalue weighted by Crippen LogP contribution is -2.43. The first-order valence-electron chi connectivity index (χ1n) is 10.3. The van der Waals surface area contributed by atoms with Gasteiger partial charge < -0.3 is 9.84 Å². The van der Waals surface area contributed by atoms with Gasteiger partial charge in [-0.2, -0.15) is 0 Å². The van der Waals surface area contributed by atoms with Crippen LogP contribution in [0, 0.1) is 46.8 Å². The standard InChI is InChI=1S/C21H36O2/c1-5-21(4,11-12(2)3)20(22)23-17-10-15-9-16(17)19-14-7-6-13(8-14)18(15)19/h12-20,22H,5-11H2,1-4H3. The highest BCUT2D eigenvalue weighted by molar-refractivity contribution is 5.11. The molecule has 9 unspecified atom stereocenters. The lowest BCUT2D eigenvalue weighted by molar-refractivity contribution is -0.217. The van der Waals surface area contributed by atoms with Crippen LogP contribution in [-0.4, -0.2) is 17.5 Å². The zero-order chi connectivity index (χ0) is 16.4. The average molecular weight is 321 g/mol. The van der Waals surface area contributed by atoms with E-state index in [2.05, 4.69) is 27.7 Å². The van der Waals surface area contributed by atoms with E-state index in [0.29, 0.717) is 12.0 Å². The molecule has 0 amide bonds. The van der Waals surface area contributed by atoms with Crippen molar-refractivity contribution in [3.63, 3.8) is 0 Å². The molecule has 2 nitrogen and oxygen atoms in total. The van der Waals surface area contributed by atoms with Gasteiger partial charge in [0.25, 0.3) is 0 Å². The van der Waals surface area contributed by atoms with Gasteiger partial charge in [-0.05, 0) is 86.4 Å². The monoisotopic (exact) mass is 320 g/mol. The Hall–Kier alpha value is -0.0800. The van der Waals surface area contributed by atoms with Crippen LogP contribution in [0.3, 0.4) is 0 Å². The van der Waals surface area contributed by atoms with Gasteiger partial charge in [0.1, 0.15) is 0 Å². The quantitative estimate of drug-likeness (QED) is 0.560. The Morgan fingerprint density at radius 2 is 1.74 bits per heavy atom. The van der Waals surface area contributed by atoms with Crippen molar-refractivity contribution in [2.45, 2.75) is 85.0 Å². The summed E-state index contributed by atoms with van der Waals surface area (Å²) in [6.45, 7) is 8.91. The summed E-state index contributed by atoms with van der Waals surface area (Å²) in [7, 11) is 0. The van der Waals surface area contributed by atoms with Crippen LogP contribution in [0.4, 0.5) is 0 Å². The minimum atomic E-state index is -0.587. The molecule has 4 saturated carbocycles. The molecule has 0 radical (unpaired) electrons. The van der Waals surface area contributed by atoms with Crippen LogP contribution in [-0.2, 0) is 4.74 Å². The third-order valence-electron chi connectivity index (χ3n) is 8.26. The van der Waals surface area contributed by atoms with Gasteiger partial charge in [-0.25, -0.2) is 0 Å². The van der Waals surface area contributed by atoms with Crippen LogP contribution < -0.4 is 0 Å². The van der Waals surface area contributed by atoms with Gasteiger partial charge in [-0.1, -0.05) is 27.7 Å². The second-order valence-corrected chi connectivity index (χ2v) is 10.0. The lowest BCUT2D eigenvalue weighted by atomic mass is 9.70. The summed E-state index contributed by atoms with van der Waals surface area (Å²) in [6, 6.07) is 0. The van der Waals surface area contributed by atoms with E-state index >= 15 is 0 Å². The molecule has 4 aliphatic carbocycles. The van der Waals surface area contributed by atoms with E-state index < -0.39 is 6.29 Å². The van der Waals surface area contributed by atoms with Gasteiger partial charge in [-0.15, -0.1) is 0 Å². The zero-order valence-electron chi connectivity index (χ0n) is 15.5. The topological polar surface area (TPSA) is 29.5 Å². The molecule has 0 aliphatic heterocycles. The molecule has 0 aromatic heterocycles. The maximum atomic E-state index is 10.9. The van der Waals surface area contributed by atoms with E-state index in [1.807, 2.05) is 0 Å². The first kappa shape index (κ1) is 16.4. The molecular formula is C21H36O2. The Bertz CT molecular complexity index is 447. The largest absolute Gasteiger partial charge is 0.367 e. The van der Waals surface area contributed by atoms with E-state index in [4.69, 9.17) is 4.74 Å². The predicted octanol–water partition coefficient (Wildman–Crippen LogP) is 4.85. The zero-order valence-corrected chi connectivity index (χ0v) is 15.5. The van der Waals surface area contributed by atoms with E-state index in [1.54, 1.807) is 0 Å². The molecule has 0 aromatic carbocycles. The van der Waals surface area contributed by atoms with Crippen LogP contribution in [0.5, 0.6) is 0 Å². The summed E-state index contributed by atoms with van der Waals surface area (Å²) in [5.41, 5.74) is -0.0932. The van der Waals surface area contributed by atoms with Gasteiger partial charge >= 0.3 is 0 Å². The normalized spacial score (nSPS) is 48.0. The maximum Gasteiger partial charge on any atom is 0.160 e. The first-order valence-corrected chi connectivity index (χ1v) is 10.3. The molecule has 4 bridgehead atoms. The van der Waals surface area contributed by atoms with E-state index in [-0.39, 0.29) is 5.41 Å². The molecule has 132 valence electrons. The van der Waals surface area contributed by atoms with Crippen molar-refractivity contribution in [3.8, 4) is 0 Å². The van der Waals surface area contributed by atoms with Crippen LogP contribution in [0.2, 0.25) is 0 Å². The minimum Gasteiger partial charge on any atom is -0.367 e. The van der Waals surface area contributed by atoms with Crippen LogP contribution in [0.1, 0.15) is 72.6 Å². The molecule has 1 N–H and O–H groups in total. The fourth-order valence-corrected chi connectivity index (χ4v) is 7.34. The fourth-order valence-electron chi connectivity index (χ4n) is 7.34. The van der Waals surface area contributed by atoms with Crippen molar-refractivity contribution in [2.24, 2.45) is 46.8 Å². The summed E-state index contributed by atoms with van der Waals surface area (Å²) in [4.78, 5) is 0. The average Bonchev–Trinajstić information content (AvgIpc) is 3.24. The number of aliphatic hydroxyl groups excluding tert-OH is 1. The predicted molar refractivity (Wildman–Crippen MR) is 92.8 cm³/mol. The highest BCUT2D eigenvalue weighted by atomic mass is 16.6. The summed E-state index contributed by atoms with van der Waals surface area (Å²) in [5.74, 6) is 6.30. The second-order valence-electron chi connectivity index (χ2n) is 10.0. The van der Waals surface area contributed by atoms with Crippen molar-refractivity contribution < 1.29 is 9.84 Å². The van der Waals surface area contributed by atoms with E-state index in [9.17, 15) is 5.11 Å². The Morgan fingerprint density at radius 1 is 1.04 bits per heavy atom. The number of fused-ring (bicyclic) bond motifs is 9. The molecule has 23 heavy (non-hydrogen) atoms. The van der Waals surface area contributed by atoms with Crippen molar-refractivity contribution in [1.82, 2.24) is 0 Å². The minimum absolute atomic E-state index is 0.0932. The fraction of sp³-hybridized carbons (Fsp3) is 1.00. The number of hydrogen-bond donors (Lipinski definition) is 1. The molecular weight excluding hydrogens is 284 g/mol. The first-order chi connectivity index (χ1) is 10.9. The van der Waals surface area contributed by atoms with E-state index in [0.717, 1.165) is 48.3 Å². The van der Waals surface area contributed by atoms with Crippen molar-refractivity contribution in [1.29, 1.82) is 0 Å². The van der Waals surface area contributed by atoms with Gasteiger partial charge in [0, 0.05) is 5.41 Å². The molecule has 0 spiro atoms. The number of rotatable bonds is 6. The Labute approximate surface area is 142 Å². The second kappa shape index (κ2) is 5.73. The van der Waals surface area contributed by atoms with Crippen molar-refractivity contribution >= 4 is 0 Å². The van der Waals surface area contributed by atoms with Gasteiger partial charge in [0.2, 0.25) is 0 Å². The summed E-state index contributed by atoms with van der Waals surface area (Å²) < 4.78 is 6.37. The summed E-state index contributed by atoms with van der Waals surface area (Å²) in [5, 5.41) is 10.9. The molecule has 0 heterocycles. The highest BCUT2D eigenvalue weighted by Gasteiger charge is 2.63. The van der Waals surface area contributed by atoms with Crippen LogP contribution in [0.25, 0.3) is 0 Å². The number of ether oxygens (including phenoxy) is 1. The smallest absolute Gasteiger partial charge is 0.160 e. The van der Waals surface area contributed by atoms with Gasteiger partial charge in [0.05, 0.1) is 6.10 Å². The molecule has 2 heteroatoms. The molecule has 0 aromatic rings. The Balaban J connectivity index is 1.43. The highest BCUT2D eigenvalue weighted by Crippen LogP contribution is 2.68. The molecule has 4 aliphatic rings. The lowest BCUT2D eigenvalue weighted by Gasteiger charge is -2.42.